The lowest BCUT2D eigenvalue weighted by atomic mass is 9.79. The van der Waals surface area contributed by atoms with Gasteiger partial charge in [0.25, 0.3) is 0 Å². The van der Waals surface area contributed by atoms with E-state index in [2.05, 4.69) is 40.1 Å². The van der Waals surface area contributed by atoms with Crippen LogP contribution in [0, 0.1) is 0 Å². The molecule has 2 fully saturated rings. The zero-order valence-corrected chi connectivity index (χ0v) is 21.8. The molecule has 5 nitrogen and oxygen atoms in total. The van der Waals surface area contributed by atoms with Gasteiger partial charge in [0.05, 0.1) is 0 Å². The number of hydrogen-bond acceptors (Lipinski definition) is 4. The maximum Gasteiger partial charge on any atom is 0.410 e. The van der Waals surface area contributed by atoms with Crippen molar-refractivity contribution in [2.45, 2.75) is 57.6 Å². The summed E-state index contributed by atoms with van der Waals surface area (Å²) in [6.45, 7) is 11.9. The Morgan fingerprint density at radius 1 is 1.00 bits per heavy atom. The standard InChI is InChI=1S/C23H37N3O2.3ClH/c1-22(2,3)28-21(27)24(4)18-19-25-16-12-23(13-17-25,26-14-8-9-15-26)20-10-6-5-7-11-20;;;/h5-7,10-11H,8-9,12-19H2,1-4H3;3*1H. The van der Waals surface area contributed by atoms with Gasteiger partial charge < -0.3 is 14.5 Å². The number of likely N-dealkylation sites (N-methyl/N-ethyl adjacent to an activating group) is 1. The van der Waals surface area contributed by atoms with E-state index in [0.29, 0.717) is 6.54 Å². The summed E-state index contributed by atoms with van der Waals surface area (Å²) in [5, 5.41) is 0. The van der Waals surface area contributed by atoms with Crippen LogP contribution in [-0.2, 0) is 10.3 Å². The van der Waals surface area contributed by atoms with Crippen LogP contribution in [0.25, 0.3) is 0 Å². The fourth-order valence-electron chi connectivity index (χ4n) is 4.55. The van der Waals surface area contributed by atoms with Gasteiger partial charge in [0.15, 0.2) is 0 Å². The molecule has 0 aromatic heterocycles. The molecule has 0 saturated carbocycles. The van der Waals surface area contributed by atoms with E-state index in [-0.39, 0.29) is 48.9 Å². The summed E-state index contributed by atoms with van der Waals surface area (Å²) in [7, 11) is 1.83. The highest BCUT2D eigenvalue weighted by Gasteiger charge is 2.42. The molecule has 0 radical (unpaired) electrons. The van der Waals surface area contributed by atoms with Gasteiger partial charge in [0, 0.05) is 38.8 Å². The van der Waals surface area contributed by atoms with Crippen molar-refractivity contribution in [1.29, 1.82) is 0 Å². The first-order valence-corrected chi connectivity index (χ1v) is 10.8. The number of nitrogens with zero attached hydrogens (tertiary/aromatic N) is 3. The van der Waals surface area contributed by atoms with Crippen LogP contribution in [0.5, 0.6) is 0 Å². The van der Waals surface area contributed by atoms with Gasteiger partial charge in [-0.3, -0.25) is 4.90 Å². The molecular formula is C23H40Cl3N3O2. The molecule has 2 aliphatic rings. The molecule has 0 spiro atoms. The summed E-state index contributed by atoms with van der Waals surface area (Å²) in [4.78, 5) is 19.1. The van der Waals surface area contributed by atoms with Gasteiger partial charge in [0.2, 0.25) is 0 Å². The lowest BCUT2D eigenvalue weighted by Gasteiger charge is -2.48. The molecule has 0 unspecified atom stereocenters. The maximum atomic E-state index is 12.2. The van der Waals surface area contributed by atoms with Crippen molar-refractivity contribution in [3.8, 4) is 0 Å². The van der Waals surface area contributed by atoms with Gasteiger partial charge in [0.1, 0.15) is 5.60 Å². The highest BCUT2D eigenvalue weighted by Crippen LogP contribution is 2.40. The number of hydrogen-bond donors (Lipinski definition) is 0. The van der Waals surface area contributed by atoms with Crippen LogP contribution in [0.4, 0.5) is 4.79 Å². The highest BCUT2D eigenvalue weighted by molar-refractivity contribution is 5.86. The Kier molecular flexibility index (Phi) is 12.8. The summed E-state index contributed by atoms with van der Waals surface area (Å²) >= 11 is 0. The SMILES string of the molecule is CN(CCN1CCC(c2ccccc2)(N2CCCC2)CC1)C(=O)OC(C)(C)C.Cl.Cl.Cl. The van der Waals surface area contributed by atoms with Crippen LogP contribution < -0.4 is 0 Å². The monoisotopic (exact) mass is 495 g/mol. The first-order valence-electron chi connectivity index (χ1n) is 10.8. The van der Waals surface area contributed by atoms with E-state index in [9.17, 15) is 4.79 Å². The van der Waals surface area contributed by atoms with Crippen molar-refractivity contribution in [1.82, 2.24) is 14.7 Å². The topological polar surface area (TPSA) is 36.0 Å². The maximum absolute atomic E-state index is 12.2. The number of likely N-dealkylation sites (tertiary alicyclic amines) is 2. The Labute approximate surface area is 207 Å². The minimum absolute atomic E-state index is 0. The average molecular weight is 497 g/mol. The summed E-state index contributed by atoms with van der Waals surface area (Å²) in [6.07, 6.45) is 4.72. The van der Waals surface area contributed by atoms with E-state index in [1.54, 1.807) is 4.90 Å². The van der Waals surface area contributed by atoms with Gasteiger partial charge in [-0.15, -0.1) is 37.2 Å². The first-order chi connectivity index (χ1) is 13.3. The van der Waals surface area contributed by atoms with Crippen molar-refractivity contribution in [2.24, 2.45) is 0 Å². The van der Waals surface area contributed by atoms with Crippen LogP contribution in [0.15, 0.2) is 30.3 Å². The minimum Gasteiger partial charge on any atom is -0.444 e. The third-order valence-corrected chi connectivity index (χ3v) is 6.16. The predicted octanol–water partition coefficient (Wildman–Crippen LogP) is 5.21. The molecule has 0 bridgehead atoms. The van der Waals surface area contributed by atoms with Crippen molar-refractivity contribution in [2.75, 3.05) is 46.3 Å². The van der Waals surface area contributed by atoms with Crippen LogP contribution in [0.3, 0.4) is 0 Å². The molecule has 2 aliphatic heterocycles. The molecule has 1 aromatic carbocycles. The zero-order valence-electron chi connectivity index (χ0n) is 19.3. The molecule has 180 valence electrons. The van der Waals surface area contributed by atoms with Crippen molar-refractivity contribution in [3.63, 3.8) is 0 Å². The van der Waals surface area contributed by atoms with E-state index < -0.39 is 5.60 Å². The molecule has 8 heteroatoms. The molecule has 1 amide bonds. The van der Waals surface area contributed by atoms with E-state index in [1.807, 2.05) is 27.8 Å². The Balaban J connectivity index is 0.00000300. The quantitative estimate of drug-likeness (QED) is 0.561. The largest absolute Gasteiger partial charge is 0.444 e. The van der Waals surface area contributed by atoms with Crippen molar-refractivity contribution >= 4 is 43.3 Å². The molecule has 0 N–H and O–H groups in total. The van der Waals surface area contributed by atoms with Crippen molar-refractivity contribution < 1.29 is 9.53 Å². The van der Waals surface area contributed by atoms with E-state index in [0.717, 1.165) is 32.5 Å². The van der Waals surface area contributed by atoms with Gasteiger partial charge in [-0.2, -0.15) is 0 Å². The number of ether oxygens (including phenoxy) is 1. The number of carbonyl (C=O) groups excluding carboxylic acids is 1. The predicted molar refractivity (Wildman–Crippen MR) is 135 cm³/mol. The van der Waals surface area contributed by atoms with Crippen LogP contribution >= 0.6 is 37.2 Å². The number of piperidine rings is 1. The smallest absolute Gasteiger partial charge is 0.410 e. The number of amides is 1. The Morgan fingerprint density at radius 2 is 1.55 bits per heavy atom. The van der Waals surface area contributed by atoms with Crippen LogP contribution in [0.1, 0.15) is 52.0 Å². The number of carbonyl (C=O) groups is 1. The fourth-order valence-corrected chi connectivity index (χ4v) is 4.55. The second kappa shape index (κ2) is 13.1. The van der Waals surface area contributed by atoms with Crippen LogP contribution in [-0.4, -0.2) is 72.7 Å². The second-order valence-electron chi connectivity index (χ2n) is 9.34. The minimum atomic E-state index is -0.443. The molecule has 31 heavy (non-hydrogen) atoms. The number of benzene rings is 1. The zero-order chi connectivity index (χ0) is 20.2. The molecule has 2 saturated heterocycles. The average Bonchev–Trinajstić information content (AvgIpc) is 3.21. The van der Waals surface area contributed by atoms with Gasteiger partial charge >= 0.3 is 6.09 Å². The molecule has 0 atom stereocenters. The van der Waals surface area contributed by atoms with Gasteiger partial charge in [-0.25, -0.2) is 4.79 Å². The fraction of sp³-hybridized carbons (Fsp3) is 0.696. The Bertz CT molecular complexity index is 641. The third kappa shape index (κ3) is 7.97. The Morgan fingerprint density at radius 3 is 2.06 bits per heavy atom. The summed E-state index contributed by atoms with van der Waals surface area (Å²) < 4.78 is 5.46. The van der Waals surface area contributed by atoms with E-state index >= 15 is 0 Å². The summed E-state index contributed by atoms with van der Waals surface area (Å²) in [6, 6.07) is 11.1. The molecule has 0 aliphatic carbocycles. The second-order valence-corrected chi connectivity index (χ2v) is 9.34. The molecule has 2 heterocycles. The summed E-state index contributed by atoms with van der Waals surface area (Å²) in [5.41, 5.74) is 1.22. The lowest BCUT2D eigenvalue weighted by Crippen LogP contribution is -2.53. The molecular weight excluding hydrogens is 457 g/mol. The van der Waals surface area contributed by atoms with Crippen molar-refractivity contribution in [3.05, 3.63) is 35.9 Å². The van der Waals surface area contributed by atoms with Gasteiger partial charge in [-0.05, 0) is 65.1 Å². The Hall–Kier alpha value is -0.720. The van der Waals surface area contributed by atoms with E-state index in [4.69, 9.17) is 4.74 Å². The van der Waals surface area contributed by atoms with Crippen LogP contribution in [0.2, 0.25) is 0 Å². The highest BCUT2D eigenvalue weighted by atomic mass is 35.5. The van der Waals surface area contributed by atoms with E-state index in [1.165, 1.54) is 31.5 Å². The summed E-state index contributed by atoms with van der Waals surface area (Å²) in [5.74, 6) is 0. The number of halogens is 3. The number of rotatable bonds is 5. The first kappa shape index (κ1) is 30.3. The normalized spacial score (nSPS) is 18.8. The lowest BCUT2D eigenvalue weighted by molar-refractivity contribution is 0.0190. The molecule has 3 rings (SSSR count). The molecule has 1 aromatic rings. The van der Waals surface area contributed by atoms with Gasteiger partial charge in [-0.1, -0.05) is 30.3 Å². The third-order valence-electron chi connectivity index (χ3n) is 6.16.